The third-order valence-electron chi connectivity index (χ3n) is 7.77. The van der Waals surface area contributed by atoms with Gasteiger partial charge in [0.1, 0.15) is 0 Å². The molecule has 1 amide bonds. The molecule has 0 aliphatic carbocycles. The minimum absolute atomic E-state index is 0.0774. The molecule has 3 aromatic heterocycles. The first-order chi connectivity index (χ1) is 19.2. The van der Waals surface area contributed by atoms with Gasteiger partial charge in [0.15, 0.2) is 5.65 Å². The number of benzene rings is 2. The largest absolute Gasteiger partial charge is 0.369 e. The van der Waals surface area contributed by atoms with Crippen LogP contribution in [0.3, 0.4) is 0 Å². The van der Waals surface area contributed by atoms with Gasteiger partial charge in [0.25, 0.3) is 5.91 Å². The minimum atomic E-state index is -0.115. The summed E-state index contributed by atoms with van der Waals surface area (Å²) in [7, 11) is 2.15. The number of hydrogen-bond acceptors (Lipinski definition) is 5. The molecule has 2 N–H and O–H groups in total. The highest BCUT2D eigenvalue weighted by atomic mass is 16.1. The van der Waals surface area contributed by atoms with Crippen LogP contribution >= 0.6 is 0 Å². The van der Waals surface area contributed by atoms with E-state index in [4.69, 9.17) is 0 Å². The summed E-state index contributed by atoms with van der Waals surface area (Å²) in [4.78, 5) is 23.0. The van der Waals surface area contributed by atoms with Crippen LogP contribution in [0, 0.1) is 6.92 Å². The van der Waals surface area contributed by atoms with E-state index in [1.54, 1.807) is 6.20 Å². The zero-order valence-corrected chi connectivity index (χ0v) is 23.8. The number of aromatic amines is 1. The van der Waals surface area contributed by atoms with Gasteiger partial charge < -0.3 is 15.1 Å². The number of rotatable bonds is 5. The molecule has 4 heterocycles. The molecule has 1 saturated heterocycles. The SMILES string of the molecule is Cc1ccc(NC(=O)c2cc(N3CCN(C)CC3)cc(C(C)(C)C)c2)cc1-n1ccc2ncc(-c3cn[nH]c3)n21. The Bertz CT molecular complexity index is 1660. The highest BCUT2D eigenvalue weighted by Crippen LogP contribution is 2.30. The van der Waals surface area contributed by atoms with Gasteiger partial charge >= 0.3 is 0 Å². The molecule has 0 saturated carbocycles. The molecular weight excluding hydrogens is 500 g/mol. The highest BCUT2D eigenvalue weighted by Gasteiger charge is 2.22. The molecule has 0 radical (unpaired) electrons. The highest BCUT2D eigenvalue weighted by molar-refractivity contribution is 6.05. The van der Waals surface area contributed by atoms with E-state index in [1.165, 1.54) is 0 Å². The molecule has 0 spiro atoms. The van der Waals surface area contributed by atoms with E-state index < -0.39 is 0 Å². The van der Waals surface area contributed by atoms with E-state index in [2.05, 4.69) is 75.8 Å². The fraction of sp³-hybridized carbons (Fsp3) is 0.323. The fourth-order valence-corrected chi connectivity index (χ4v) is 5.24. The molecule has 1 aliphatic heterocycles. The van der Waals surface area contributed by atoms with Crippen LogP contribution in [0.25, 0.3) is 22.6 Å². The van der Waals surface area contributed by atoms with Crippen molar-refractivity contribution in [1.29, 1.82) is 0 Å². The second-order valence-corrected chi connectivity index (χ2v) is 11.7. The van der Waals surface area contributed by atoms with Crippen molar-refractivity contribution >= 4 is 22.9 Å². The van der Waals surface area contributed by atoms with E-state index in [9.17, 15) is 4.79 Å². The summed E-state index contributed by atoms with van der Waals surface area (Å²) in [6.45, 7) is 12.6. The van der Waals surface area contributed by atoms with Crippen LogP contribution < -0.4 is 10.2 Å². The Hall–Kier alpha value is -4.37. The monoisotopic (exact) mass is 536 g/mol. The number of nitrogens with one attached hydrogen (secondary N) is 2. The number of piperazine rings is 1. The quantitative estimate of drug-likeness (QED) is 0.325. The lowest BCUT2D eigenvalue weighted by Gasteiger charge is -2.35. The minimum Gasteiger partial charge on any atom is -0.369 e. The van der Waals surface area contributed by atoms with Crippen LogP contribution in [0.2, 0.25) is 0 Å². The number of imidazole rings is 1. The molecule has 5 aromatic rings. The van der Waals surface area contributed by atoms with Crippen LogP contribution in [0.4, 0.5) is 11.4 Å². The number of amides is 1. The first-order valence-corrected chi connectivity index (χ1v) is 13.7. The predicted octanol–water partition coefficient (Wildman–Crippen LogP) is 5.13. The van der Waals surface area contributed by atoms with E-state index >= 15 is 0 Å². The molecule has 9 nitrogen and oxygen atoms in total. The third-order valence-corrected chi connectivity index (χ3v) is 7.77. The Balaban J connectivity index is 1.33. The number of aromatic nitrogens is 5. The molecule has 0 bridgehead atoms. The number of anilines is 2. The van der Waals surface area contributed by atoms with Gasteiger partial charge in [0.05, 0.1) is 23.8 Å². The number of likely N-dealkylation sites (N-methyl/N-ethyl adjacent to an activating group) is 1. The van der Waals surface area contributed by atoms with E-state index in [0.717, 1.165) is 71.3 Å². The van der Waals surface area contributed by atoms with Crippen molar-refractivity contribution in [1.82, 2.24) is 29.3 Å². The summed E-state index contributed by atoms with van der Waals surface area (Å²) in [6, 6.07) is 14.3. The Kier molecular flexibility index (Phi) is 6.46. The lowest BCUT2D eigenvalue weighted by Crippen LogP contribution is -2.44. The summed E-state index contributed by atoms with van der Waals surface area (Å²) >= 11 is 0. The van der Waals surface area contributed by atoms with Crippen LogP contribution in [0.5, 0.6) is 0 Å². The van der Waals surface area contributed by atoms with Gasteiger partial charge in [-0.05, 0) is 60.8 Å². The summed E-state index contributed by atoms with van der Waals surface area (Å²) in [5.41, 5.74) is 8.33. The smallest absolute Gasteiger partial charge is 0.255 e. The van der Waals surface area contributed by atoms with Gasteiger partial charge in [-0.15, -0.1) is 0 Å². The molecule has 40 heavy (non-hydrogen) atoms. The number of nitrogens with zero attached hydrogens (tertiary/aromatic N) is 6. The van der Waals surface area contributed by atoms with Crippen LogP contribution in [0.15, 0.2) is 67.3 Å². The average Bonchev–Trinajstić information content (AvgIpc) is 3.68. The molecule has 206 valence electrons. The zero-order valence-electron chi connectivity index (χ0n) is 23.8. The summed E-state index contributed by atoms with van der Waals surface area (Å²) in [5, 5.41) is 10.1. The van der Waals surface area contributed by atoms with E-state index in [1.807, 2.05) is 59.5 Å². The van der Waals surface area contributed by atoms with E-state index in [-0.39, 0.29) is 11.3 Å². The van der Waals surface area contributed by atoms with Gasteiger partial charge in [-0.1, -0.05) is 26.8 Å². The standard InChI is InChI=1S/C31H36N8O/c1-21-6-7-25(17-27(21)38-9-8-29-32-20-28(39(29)38)23-18-33-34-19-23)35-30(40)22-14-24(31(2,3)4)16-26(15-22)37-12-10-36(5)11-13-37/h6-9,14-20H,10-13H2,1-5H3,(H,33,34)(H,35,40). The number of carbonyl (C=O) groups is 1. The molecule has 2 aromatic carbocycles. The van der Waals surface area contributed by atoms with Crippen molar-refractivity contribution in [2.45, 2.75) is 33.1 Å². The normalized spacial score (nSPS) is 14.7. The van der Waals surface area contributed by atoms with Crippen molar-refractivity contribution in [2.24, 2.45) is 0 Å². The summed E-state index contributed by atoms with van der Waals surface area (Å²) in [5.74, 6) is -0.115. The number of fused-ring (bicyclic) bond motifs is 1. The number of H-pyrrole nitrogens is 1. The van der Waals surface area contributed by atoms with Crippen LogP contribution in [-0.2, 0) is 5.41 Å². The molecule has 0 atom stereocenters. The maximum Gasteiger partial charge on any atom is 0.255 e. The lowest BCUT2D eigenvalue weighted by molar-refractivity contribution is 0.102. The van der Waals surface area contributed by atoms with Crippen molar-refractivity contribution in [3.63, 3.8) is 0 Å². The summed E-state index contributed by atoms with van der Waals surface area (Å²) < 4.78 is 4.11. The number of aryl methyl sites for hydroxylation is 1. The number of hydrogen-bond donors (Lipinski definition) is 2. The predicted molar refractivity (Wildman–Crippen MR) is 160 cm³/mol. The van der Waals surface area contributed by atoms with Crippen LogP contribution in [0.1, 0.15) is 42.3 Å². The fourth-order valence-electron chi connectivity index (χ4n) is 5.24. The first kappa shape index (κ1) is 25.9. The summed E-state index contributed by atoms with van der Waals surface area (Å²) in [6.07, 6.45) is 7.48. The van der Waals surface area contributed by atoms with Gasteiger partial charge in [-0.2, -0.15) is 5.10 Å². The molecular formula is C31H36N8O. The zero-order chi connectivity index (χ0) is 28.0. The average molecular weight is 537 g/mol. The molecule has 1 fully saturated rings. The van der Waals surface area contributed by atoms with Crippen molar-refractivity contribution in [2.75, 3.05) is 43.4 Å². The van der Waals surface area contributed by atoms with Gasteiger partial charge in [-0.3, -0.25) is 14.6 Å². The molecule has 6 rings (SSSR count). The second-order valence-electron chi connectivity index (χ2n) is 11.7. The maximum absolute atomic E-state index is 13.7. The van der Waals surface area contributed by atoms with Crippen molar-refractivity contribution in [3.05, 3.63) is 83.9 Å². The third kappa shape index (κ3) is 4.88. The molecule has 9 heteroatoms. The Morgan fingerprint density at radius 1 is 1.00 bits per heavy atom. The lowest BCUT2D eigenvalue weighted by atomic mass is 9.85. The van der Waals surface area contributed by atoms with Crippen molar-refractivity contribution < 1.29 is 4.79 Å². The van der Waals surface area contributed by atoms with Gasteiger partial charge in [0, 0.05) is 67.1 Å². The second kappa shape index (κ2) is 9.98. The van der Waals surface area contributed by atoms with Crippen molar-refractivity contribution in [3.8, 4) is 16.9 Å². The van der Waals surface area contributed by atoms with Crippen LogP contribution in [-0.4, -0.2) is 68.4 Å². The Labute approximate surface area is 234 Å². The number of carbonyl (C=O) groups excluding carboxylic acids is 1. The molecule has 1 aliphatic rings. The Morgan fingerprint density at radius 2 is 1.80 bits per heavy atom. The van der Waals surface area contributed by atoms with Gasteiger partial charge in [-0.25, -0.2) is 9.50 Å². The molecule has 0 unspecified atom stereocenters. The van der Waals surface area contributed by atoms with E-state index in [0.29, 0.717) is 5.56 Å². The Morgan fingerprint density at radius 3 is 2.52 bits per heavy atom. The maximum atomic E-state index is 13.7. The topological polar surface area (TPSA) is 86.5 Å². The van der Waals surface area contributed by atoms with Gasteiger partial charge in [0.2, 0.25) is 0 Å². The first-order valence-electron chi connectivity index (χ1n) is 13.7.